The first-order chi connectivity index (χ1) is 6.88. The van der Waals surface area contributed by atoms with Crippen LogP contribution in [0.5, 0.6) is 5.88 Å². The first-order valence-corrected chi connectivity index (χ1v) is 4.64. The van der Waals surface area contributed by atoms with Gasteiger partial charge < -0.3 is 15.2 Å². The minimum atomic E-state index is 0.525. The molecule has 1 heterocycles. The maximum atomic E-state index is 5.40. The SMILES string of the molecule is COc1ncccc1COCCCN. The summed E-state index contributed by atoms with van der Waals surface area (Å²) in [5.41, 5.74) is 6.31. The molecule has 0 amide bonds. The molecule has 4 heteroatoms. The molecule has 0 bridgehead atoms. The van der Waals surface area contributed by atoms with Gasteiger partial charge in [0, 0.05) is 18.4 Å². The van der Waals surface area contributed by atoms with E-state index in [1.165, 1.54) is 0 Å². The summed E-state index contributed by atoms with van der Waals surface area (Å²) in [6.07, 6.45) is 2.57. The molecule has 0 fully saturated rings. The number of pyridine rings is 1. The van der Waals surface area contributed by atoms with Crippen molar-refractivity contribution < 1.29 is 9.47 Å². The number of methoxy groups -OCH3 is 1. The van der Waals surface area contributed by atoms with Gasteiger partial charge in [-0.2, -0.15) is 0 Å². The number of ether oxygens (including phenoxy) is 2. The highest BCUT2D eigenvalue weighted by Gasteiger charge is 2.02. The van der Waals surface area contributed by atoms with Crippen LogP contribution >= 0.6 is 0 Å². The van der Waals surface area contributed by atoms with E-state index < -0.39 is 0 Å². The van der Waals surface area contributed by atoms with Gasteiger partial charge in [-0.05, 0) is 25.1 Å². The number of aromatic nitrogens is 1. The predicted octanol–water partition coefficient (Wildman–Crippen LogP) is 0.956. The van der Waals surface area contributed by atoms with Crippen LogP contribution in [0.3, 0.4) is 0 Å². The Balaban J connectivity index is 2.41. The zero-order chi connectivity index (χ0) is 10.2. The highest BCUT2D eigenvalue weighted by atomic mass is 16.5. The molecule has 0 aliphatic carbocycles. The number of rotatable bonds is 6. The van der Waals surface area contributed by atoms with Gasteiger partial charge in [0.2, 0.25) is 5.88 Å². The predicted molar refractivity (Wildman–Crippen MR) is 54.1 cm³/mol. The summed E-state index contributed by atoms with van der Waals surface area (Å²) in [6.45, 7) is 1.86. The van der Waals surface area contributed by atoms with Crippen molar-refractivity contribution in [1.29, 1.82) is 0 Å². The van der Waals surface area contributed by atoms with Crippen molar-refractivity contribution >= 4 is 0 Å². The second-order valence-corrected chi connectivity index (χ2v) is 2.87. The van der Waals surface area contributed by atoms with Crippen LogP contribution in [-0.4, -0.2) is 25.2 Å². The molecule has 0 saturated heterocycles. The van der Waals surface area contributed by atoms with Crippen molar-refractivity contribution in [3.63, 3.8) is 0 Å². The van der Waals surface area contributed by atoms with E-state index in [0.29, 0.717) is 25.6 Å². The average Bonchev–Trinajstić information content (AvgIpc) is 2.25. The molecule has 0 unspecified atom stereocenters. The zero-order valence-electron chi connectivity index (χ0n) is 8.40. The summed E-state index contributed by atoms with van der Waals surface area (Å²) in [4.78, 5) is 4.07. The molecule has 0 aliphatic heterocycles. The van der Waals surface area contributed by atoms with E-state index in [4.69, 9.17) is 15.2 Å². The molecule has 2 N–H and O–H groups in total. The Kier molecular flexibility index (Phi) is 4.96. The Hall–Kier alpha value is -1.13. The number of hydrogen-bond acceptors (Lipinski definition) is 4. The lowest BCUT2D eigenvalue weighted by Crippen LogP contribution is -2.05. The van der Waals surface area contributed by atoms with Crippen LogP contribution in [-0.2, 0) is 11.3 Å². The maximum Gasteiger partial charge on any atom is 0.218 e. The summed E-state index contributed by atoms with van der Waals surface area (Å²) in [6, 6.07) is 3.80. The molecule has 0 aliphatic rings. The molecule has 4 nitrogen and oxygen atoms in total. The lowest BCUT2D eigenvalue weighted by Gasteiger charge is -2.07. The van der Waals surface area contributed by atoms with Gasteiger partial charge in [-0.1, -0.05) is 0 Å². The van der Waals surface area contributed by atoms with E-state index in [1.54, 1.807) is 13.3 Å². The Morgan fingerprint density at radius 3 is 3.07 bits per heavy atom. The topological polar surface area (TPSA) is 57.4 Å². The highest BCUT2D eigenvalue weighted by molar-refractivity contribution is 5.24. The lowest BCUT2D eigenvalue weighted by molar-refractivity contribution is 0.117. The highest BCUT2D eigenvalue weighted by Crippen LogP contribution is 2.14. The van der Waals surface area contributed by atoms with E-state index in [-0.39, 0.29) is 0 Å². The third-order valence-electron chi connectivity index (χ3n) is 1.79. The molecule has 0 radical (unpaired) electrons. The molecule has 14 heavy (non-hydrogen) atoms. The monoisotopic (exact) mass is 196 g/mol. The second kappa shape index (κ2) is 6.34. The Morgan fingerprint density at radius 1 is 1.50 bits per heavy atom. The standard InChI is InChI=1S/C10H16N2O2/c1-13-10-9(4-2-6-12-10)8-14-7-3-5-11/h2,4,6H,3,5,7-8,11H2,1H3. The van der Waals surface area contributed by atoms with E-state index in [0.717, 1.165) is 12.0 Å². The van der Waals surface area contributed by atoms with Crippen molar-refractivity contribution in [2.24, 2.45) is 5.73 Å². The first-order valence-electron chi connectivity index (χ1n) is 4.64. The van der Waals surface area contributed by atoms with Gasteiger partial charge in [-0.25, -0.2) is 4.98 Å². The van der Waals surface area contributed by atoms with Gasteiger partial charge in [-0.15, -0.1) is 0 Å². The van der Waals surface area contributed by atoms with Crippen molar-refractivity contribution in [2.45, 2.75) is 13.0 Å². The quantitative estimate of drug-likeness (QED) is 0.688. The van der Waals surface area contributed by atoms with Crippen molar-refractivity contribution in [3.05, 3.63) is 23.9 Å². The smallest absolute Gasteiger partial charge is 0.218 e. The fourth-order valence-corrected chi connectivity index (χ4v) is 1.09. The minimum absolute atomic E-state index is 0.525. The van der Waals surface area contributed by atoms with Gasteiger partial charge >= 0.3 is 0 Å². The molecule has 0 saturated carbocycles. The fraction of sp³-hybridized carbons (Fsp3) is 0.500. The minimum Gasteiger partial charge on any atom is -0.481 e. The van der Waals surface area contributed by atoms with Gasteiger partial charge in [0.25, 0.3) is 0 Å². The zero-order valence-corrected chi connectivity index (χ0v) is 8.40. The van der Waals surface area contributed by atoms with Gasteiger partial charge in [0.05, 0.1) is 13.7 Å². The summed E-state index contributed by atoms with van der Waals surface area (Å²) in [7, 11) is 1.60. The van der Waals surface area contributed by atoms with Crippen molar-refractivity contribution in [1.82, 2.24) is 4.98 Å². The summed E-state index contributed by atoms with van der Waals surface area (Å²) < 4.78 is 10.5. The Bertz CT molecular complexity index is 266. The van der Waals surface area contributed by atoms with E-state index in [2.05, 4.69) is 4.98 Å². The summed E-state index contributed by atoms with van der Waals surface area (Å²) >= 11 is 0. The number of nitrogens with zero attached hydrogens (tertiary/aromatic N) is 1. The largest absolute Gasteiger partial charge is 0.481 e. The molecule has 0 atom stereocenters. The van der Waals surface area contributed by atoms with Crippen LogP contribution in [0, 0.1) is 0 Å². The van der Waals surface area contributed by atoms with Crippen LogP contribution in [0.2, 0.25) is 0 Å². The normalized spacial score (nSPS) is 10.1. The third kappa shape index (κ3) is 3.32. The van der Waals surface area contributed by atoms with Gasteiger partial charge in [-0.3, -0.25) is 0 Å². The molecular weight excluding hydrogens is 180 g/mol. The van der Waals surface area contributed by atoms with Crippen LogP contribution in [0.4, 0.5) is 0 Å². The molecule has 1 rings (SSSR count). The Labute approximate surface area is 84.0 Å². The maximum absolute atomic E-state index is 5.40. The molecule has 0 spiro atoms. The van der Waals surface area contributed by atoms with Gasteiger partial charge in [0.15, 0.2) is 0 Å². The van der Waals surface area contributed by atoms with Gasteiger partial charge in [0.1, 0.15) is 0 Å². The number of nitrogens with two attached hydrogens (primary N) is 1. The molecule has 78 valence electrons. The van der Waals surface area contributed by atoms with Crippen molar-refractivity contribution in [3.8, 4) is 5.88 Å². The summed E-state index contributed by atoms with van der Waals surface area (Å²) in [5.74, 6) is 0.625. The summed E-state index contributed by atoms with van der Waals surface area (Å²) in [5, 5.41) is 0. The van der Waals surface area contributed by atoms with Crippen LogP contribution in [0.25, 0.3) is 0 Å². The molecule has 1 aromatic rings. The molecular formula is C10H16N2O2. The van der Waals surface area contributed by atoms with E-state index in [9.17, 15) is 0 Å². The second-order valence-electron chi connectivity index (χ2n) is 2.87. The van der Waals surface area contributed by atoms with Crippen LogP contribution < -0.4 is 10.5 Å². The Morgan fingerprint density at radius 2 is 2.36 bits per heavy atom. The molecule has 0 aromatic carbocycles. The lowest BCUT2D eigenvalue weighted by atomic mass is 10.3. The average molecular weight is 196 g/mol. The fourth-order valence-electron chi connectivity index (χ4n) is 1.09. The van der Waals surface area contributed by atoms with Crippen LogP contribution in [0.1, 0.15) is 12.0 Å². The number of hydrogen-bond donors (Lipinski definition) is 1. The molecule has 1 aromatic heterocycles. The van der Waals surface area contributed by atoms with E-state index >= 15 is 0 Å². The third-order valence-corrected chi connectivity index (χ3v) is 1.79. The van der Waals surface area contributed by atoms with Crippen LogP contribution in [0.15, 0.2) is 18.3 Å². The first kappa shape index (κ1) is 10.9. The van der Waals surface area contributed by atoms with E-state index in [1.807, 2.05) is 12.1 Å². The van der Waals surface area contributed by atoms with Crippen molar-refractivity contribution in [2.75, 3.05) is 20.3 Å².